The molecule has 0 radical (unpaired) electrons. The number of ether oxygens (including phenoxy) is 2. The summed E-state index contributed by atoms with van der Waals surface area (Å²) >= 11 is 0. The third-order valence-electron chi connectivity index (χ3n) is 10.6. The van der Waals surface area contributed by atoms with Gasteiger partial charge in [0.1, 0.15) is 17.1 Å². The third-order valence-corrected chi connectivity index (χ3v) is 15.0. The van der Waals surface area contributed by atoms with Crippen LogP contribution in [-0.2, 0) is 15.6 Å². The molecule has 2 heterocycles. The fraction of sp³-hybridized carbons (Fsp3) is 0.657. The number of hydrogen-bond donors (Lipinski definition) is 1. The molecule has 0 spiro atoms. The van der Waals surface area contributed by atoms with Crippen LogP contribution in [0.25, 0.3) is 5.76 Å². The molecule has 3 aliphatic carbocycles. The van der Waals surface area contributed by atoms with Gasteiger partial charge in [-0.2, -0.15) is 0 Å². The highest BCUT2D eigenvalue weighted by molar-refractivity contribution is 6.74. The molecule has 3 aliphatic rings. The minimum Gasteiger partial charge on any atom is -0.507 e. The van der Waals surface area contributed by atoms with E-state index in [4.69, 9.17) is 18.4 Å². The van der Waals surface area contributed by atoms with Crippen molar-refractivity contribution in [1.82, 2.24) is 15.0 Å². The Labute approximate surface area is 274 Å². The Kier molecular flexibility index (Phi) is 9.11. The molecule has 252 valence electrons. The second-order valence-corrected chi connectivity index (χ2v) is 20.0. The lowest BCUT2D eigenvalue weighted by molar-refractivity contribution is -0.143. The summed E-state index contributed by atoms with van der Waals surface area (Å²) in [5.74, 6) is -0.887. The number of pyridine rings is 1. The van der Waals surface area contributed by atoms with Crippen LogP contribution in [0.5, 0.6) is 11.6 Å². The molecule has 0 aromatic carbocycles. The van der Waals surface area contributed by atoms with Crippen molar-refractivity contribution >= 4 is 25.6 Å². The topological polar surface area (TPSA) is 124 Å². The lowest BCUT2D eigenvalue weighted by atomic mass is 9.52. The van der Waals surface area contributed by atoms with Crippen molar-refractivity contribution in [1.29, 1.82) is 0 Å². The van der Waals surface area contributed by atoms with Crippen molar-refractivity contribution in [3.8, 4) is 11.6 Å². The van der Waals surface area contributed by atoms with Gasteiger partial charge in [0.05, 0.1) is 31.0 Å². The van der Waals surface area contributed by atoms with E-state index in [9.17, 15) is 5.11 Å². The molecule has 0 saturated heterocycles. The van der Waals surface area contributed by atoms with Gasteiger partial charge in [0, 0.05) is 23.1 Å². The van der Waals surface area contributed by atoms with Gasteiger partial charge < -0.3 is 23.5 Å². The number of hydrogen-bond acceptors (Lipinski definition) is 10. The van der Waals surface area contributed by atoms with E-state index < -0.39 is 42.9 Å². The van der Waals surface area contributed by atoms with E-state index in [2.05, 4.69) is 57.9 Å². The van der Waals surface area contributed by atoms with Crippen LogP contribution < -0.4 is 9.47 Å². The maximum absolute atomic E-state index is 15.5. The Morgan fingerprint density at radius 2 is 1.70 bits per heavy atom. The largest absolute Gasteiger partial charge is 0.507 e. The first-order valence-corrected chi connectivity index (χ1v) is 19.6. The molecule has 46 heavy (non-hydrogen) atoms. The Morgan fingerprint density at radius 1 is 1.04 bits per heavy atom. The smallest absolute Gasteiger partial charge is 0.265 e. The zero-order chi connectivity index (χ0) is 33.8. The van der Waals surface area contributed by atoms with Crippen LogP contribution >= 0.6 is 0 Å². The summed E-state index contributed by atoms with van der Waals surface area (Å²) in [6.45, 7) is 17.3. The van der Waals surface area contributed by atoms with Crippen LogP contribution in [0.2, 0.25) is 18.1 Å². The van der Waals surface area contributed by atoms with E-state index in [1.54, 1.807) is 12.4 Å². The van der Waals surface area contributed by atoms with E-state index in [1.165, 1.54) is 0 Å². The van der Waals surface area contributed by atoms with Crippen LogP contribution in [-0.4, -0.2) is 72.9 Å². The Hall–Kier alpha value is -3.02. The van der Waals surface area contributed by atoms with Gasteiger partial charge in [-0.3, -0.25) is 19.5 Å². The monoisotopic (exact) mass is 653 g/mol. The number of fused-ring (bicyclic) bond motifs is 4. The fourth-order valence-corrected chi connectivity index (χ4v) is 8.63. The number of aliphatic hydroxyl groups is 1. The molecule has 2 aromatic heterocycles. The molecule has 1 N–H and O–H groups in total. The summed E-state index contributed by atoms with van der Waals surface area (Å²) < 4.78 is 25.2. The quantitative estimate of drug-likeness (QED) is 0.152. The van der Waals surface area contributed by atoms with Gasteiger partial charge >= 0.3 is 0 Å². The summed E-state index contributed by atoms with van der Waals surface area (Å²) in [4.78, 5) is 37.1. The molecule has 1 saturated carbocycles. The number of unbranched alkanes of at least 4 members (excludes halogenated alkanes) is 2. The molecule has 2 aromatic rings. The van der Waals surface area contributed by atoms with Gasteiger partial charge in [0.2, 0.25) is 11.6 Å². The summed E-state index contributed by atoms with van der Waals surface area (Å²) in [6, 6.07) is -0.513. The molecule has 4 atom stereocenters. The molecule has 0 aliphatic heterocycles. The number of carbonyl (C=O) groups is 2. The second kappa shape index (κ2) is 12.2. The van der Waals surface area contributed by atoms with E-state index in [0.717, 1.165) is 31.2 Å². The average molecular weight is 654 g/mol. The summed E-state index contributed by atoms with van der Waals surface area (Å²) in [7, 11) is 1.02. The number of Topliss-reactive ketones (excluding diaryl/α,β-unsaturated/α-hetero) is 2. The molecule has 5 rings (SSSR count). The lowest BCUT2D eigenvalue weighted by Gasteiger charge is -2.57. The Balaban J connectivity index is 1.77. The minimum atomic E-state index is -2.81. The molecule has 0 unspecified atom stereocenters. The Bertz CT molecular complexity index is 1540. The van der Waals surface area contributed by atoms with Crippen LogP contribution in [0.15, 0.2) is 22.5 Å². The number of rotatable bonds is 11. The van der Waals surface area contributed by atoms with Crippen LogP contribution in [0, 0.1) is 11.3 Å². The van der Waals surface area contributed by atoms with Crippen molar-refractivity contribution in [2.45, 2.75) is 110 Å². The first-order chi connectivity index (χ1) is 21.6. The van der Waals surface area contributed by atoms with E-state index in [-0.39, 0.29) is 27.8 Å². The van der Waals surface area contributed by atoms with Crippen molar-refractivity contribution in [2.24, 2.45) is 11.3 Å². The van der Waals surface area contributed by atoms with E-state index in [0.29, 0.717) is 43.1 Å². The van der Waals surface area contributed by atoms with E-state index >= 15 is 9.59 Å². The molecule has 11 heteroatoms. The number of aromatic nitrogens is 2. The molecular weight excluding hydrogens is 602 g/mol. The molecule has 0 bridgehead atoms. The van der Waals surface area contributed by atoms with Crippen molar-refractivity contribution in [3.63, 3.8) is 0 Å². The maximum Gasteiger partial charge on any atom is 0.265 e. The maximum atomic E-state index is 15.5. The molecular formula is C35H51N3O7Si. The van der Waals surface area contributed by atoms with Gasteiger partial charge in [0.25, 0.3) is 5.88 Å². The molecule has 10 nitrogen and oxygen atoms in total. The summed E-state index contributed by atoms with van der Waals surface area (Å²) in [5, 5.41) is 16.0. The SMILES string of the molecule is CCCCOc1cncc2c1C(O)=C1C(=O)[C@]3(O[Si](C)(C)C(C)(C)C)C(=O)c4c(OCCCC)noc4[C@@H](N(C)C)[C@@H]3C[C@]1(C)C2. The zero-order valence-electron chi connectivity index (χ0n) is 29.2. The van der Waals surface area contributed by atoms with E-state index in [1.807, 2.05) is 25.9 Å². The zero-order valence-corrected chi connectivity index (χ0v) is 30.2. The number of aliphatic hydroxyl groups excluding tert-OH is 1. The van der Waals surface area contributed by atoms with Gasteiger partial charge in [-0.25, -0.2) is 0 Å². The average Bonchev–Trinajstić information content (AvgIpc) is 3.37. The van der Waals surface area contributed by atoms with Gasteiger partial charge in [-0.05, 0) is 68.6 Å². The molecule has 0 amide bonds. The minimum absolute atomic E-state index is 0.0861. The predicted octanol–water partition coefficient (Wildman–Crippen LogP) is 7.11. The summed E-state index contributed by atoms with van der Waals surface area (Å²) in [5.41, 5.74) is -1.09. The van der Waals surface area contributed by atoms with Crippen molar-refractivity contribution in [2.75, 3.05) is 27.3 Å². The van der Waals surface area contributed by atoms with Gasteiger partial charge in [-0.15, -0.1) is 0 Å². The third kappa shape index (κ3) is 5.32. The first kappa shape index (κ1) is 34.3. The van der Waals surface area contributed by atoms with Crippen molar-refractivity contribution in [3.05, 3.63) is 40.4 Å². The Morgan fingerprint density at radius 3 is 2.30 bits per heavy atom. The normalized spacial score (nSPS) is 26.1. The van der Waals surface area contributed by atoms with Crippen LogP contribution in [0.4, 0.5) is 0 Å². The van der Waals surface area contributed by atoms with Crippen LogP contribution in [0.3, 0.4) is 0 Å². The van der Waals surface area contributed by atoms with Crippen LogP contribution in [0.1, 0.15) is 107 Å². The highest BCUT2D eigenvalue weighted by Crippen LogP contribution is 2.62. The van der Waals surface area contributed by atoms with Gasteiger partial charge in [-0.1, -0.05) is 54.4 Å². The van der Waals surface area contributed by atoms with Gasteiger partial charge in [0.15, 0.2) is 19.7 Å². The number of nitrogens with zero attached hydrogens (tertiary/aromatic N) is 3. The fourth-order valence-electron chi connectivity index (χ4n) is 7.18. The number of carbonyl (C=O) groups excluding carboxylic acids is 2. The first-order valence-electron chi connectivity index (χ1n) is 16.7. The highest BCUT2D eigenvalue weighted by Gasteiger charge is 2.70. The molecule has 1 fully saturated rings. The highest BCUT2D eigenvalue weighted by atomic mass is 28.4. The predicted molar refractivity (Wildman–Crippen MR) is 178 cm³/mol. The number of ketones is 2. The lowest BCUT2D eigenvalue weighted by Crippen LogP contribution is -2.69. The second-order valence-electron chi connectivity index (χ2n) is 15.2. The summed E-state index contributed by atoms with van der Waals surface area (Å²) in [6.07, 6.45) is 7.62. The standard InChI is InChI=1S/C35H51N3O7Si/c1-11-13-15-42-23-20-36-19-21-17-34(6)18-22-27(38(7)8)29-25(32(37-44-29)43-16-14-12-2)30(40)35(22,45-46(9,10)33(3,4)5)31(41)26(34)28(39)24(21)23/h19-20,22,27,39H,11-18H2,1-10H3/t22-,27-,34-,35+/m0/s1. The van der Waals surface area contributed by atoms with Crippen molar-refractivity contribution < 1.29 is 33.1 Å².